The third-order valence-corrected chi connectivity index (χ3v) is 4.74. The summed E-state index contributed by atoms with van der Waals surface area (Å²) in [5.41, 5.74) is 5.62. The molecule has 0 aliphatic carbocycles. The van der Waals surface area contributed by atoms with E-state index in [1.165, 1.54) is 18.3 Å². The highest BCUT2D eigenvalue weighted by Gasteiger charge is 2.24. The number of aromatic carboxylic acids is 1. The Morgan fingerprint density at radius 3 is 2.30 bits per heavy atom. The van der Waals surface area contributed by atoms with Gasteiger partial charge in [-0.15, -0.1) is 0 Å². The van der Waals surface area contributed by atoms with Crippen LogP contribution in [-0.4, -0.2) is 27.5 Å². The van der Waals surface area contributed by atoms with E-state index in [1.54, 1.807) is 12.1 Å². The quantitative estimate of drug-likeness (QED) is 0.311. The smallest absolute Gasteiger partial charge is 0.335 e. The van der Waals surface area contributed by atoms with Crippen molar-refractivity contribution in [2.24, 2.45) is 5.10 Å². The van der Waals surface area contributed by atoms with Crippen molar-refractivity contribution >= 4 is 35.2 Å². The number of rotatable bonds is 4. The highest BCUT2D eigenvalue weighted by molar-refractivity contribution is 7.80. The molecule has 0 aliphatic rings. The van der Waals surface area contributed by atoms with Gasteiger partial charge in [0.2, 0.25) is 0 Å². The Morgan fingerprint density at radius 1 is 1.07 bits per heavy atom. The Balaban J connectivity index is 2.22. The van der Waals surface area contributed by atoms with Gasteiger partial charge in [0.05, 0.1) is 11.8 Å². The second kappa shape index (κ2) is 8.83. The molecule has 4 N–H and O–H groups in total. The van der Waals surface area contributed by atoms with Crippen LogP contribution >= 0.6 is 12.2 Å². The standard InChI is InChI=1S/C23H29N3O3S/c1-22(2,3)16-10-15(19(27)18(12-16)23(4,5)6)13-24-26-21(30)25-17-9-7-8-14(11-17)20(28)29/h7-13,27H,1-6H3,(H,28,29)(H2,25,26,30)/b24-13+. The second-order valence-corrected chi connectivity index (χ2v) is 9.58. The maximum atomic E-state index is 11.1. The number of carboxylic acid groups (broad SMARTS) is 1. The molecule has 0 radical (unpaired) electrons. The zero-order valence-electron chi connectivity index (χ0n) is 18.2. The number of carboxylic acids is 1. The van der Waals surface area contributed by atoms with Crippen molar-refractivity contribution in [3.8, 4) is 5.75 Å². The Bertz CT molecular complexity index is 986. The van der Waals surface area contributed by atoms with Crippen LogP contribution in [0.3, 0.4) is 0 Å². The van der Waals surface area contributed by atoms with Gasteiger partial charge in [0, 0.05) is 16.8 Å². The first kappa shape index (κ1) is 23.3. The molecule has 2 aromatic carbocycles. The van der Waals surface area contributed by atoms with Crippen LogP contribution in [0.1, 0.15) is 68.6 Å². The highest BCUT2D eigenvalue weighted by atomic mass is 32.1. The average molecular weight is 428 g/mol. The van der Waals surface area contributed by atoms with Crippen LogP contribution in [0.4, 0.5) is 5.69 Å². The fourth-order valence-electron chi connectivity index (χ4n) is 2.81. The van der Waals surface area contributed by atoms with Gasteiger partial charge < -0.3 is 15.5 Å². The van der Waals surface area contributed by atoms with Crippen molar-refractivity contribution in [2.45, 2.75) is 52.4 Å². The minimum absolute atomic E-state index is 0.0876. The van der Waals surface area contributed by atoms with E-state index in [4.69, 9.17) is 17.3 Å². The lowest BCUT2D eigenvalue weighted by Gasteiger charge is -2.26. The molecule has 0 atom stereocenters. The fourth-order valence-corrected chi connectivity index (χ4v) is 2.98. The van der Waals surface area contributed by atoms with Crippen molar-refractivity contribution < 1.29 is 15.0 Å². The largest absolute Gasteiger partial charge is 0.507 e. The second-order valence-electron chi connectivity index (χ2n) is 9.17. The Hall–Kier alpha value is -2.93. The lowest BCUT2D eigenvalue weighted by molar-refractivity contribution is 0.0697. The van der Waals surface area contributed by atoms with Gasteiger partial charge in [0.25, 0.3) is 0 Å². The number of thiocarbonyl (C=S) groups is 1. The maximum absolute atomic E-state index is 11.1. The number of nitrogens with zero attached hydrogens (tertiary/aromatic N) is 1. The van der Waals surface area contributed by atoms with Gasteiger partial charge in [-0.3, -0.25) is 5.43 Å². The molecule has 0 saturated heterocycles. The molecule has 0 aliphatic heterocycles. The first-order chi connectivity index (χ1) is 13.8. The van der Waals surface area contributed by atoms with Gasteiger partial charge >= 0.3 is 5.97 Å². The molecule has 0 unspecified atom stereocenters. The highest BCUT2D eigenvalue weighted by Crippen LogP contribution is 2.37. The average Bonchev–Trinajstić information content (AvgIpc) is 2.61. The van der Waals surface area contributed by atoms with Crippen molar-refractivity contribution in [2.75, 3.05) is 5.32 Å². The third kappa shape index (κ3) is 6.03. The summed E-state index contributed by atoms with van der Waals surface area (Å²) in [4.78, 5) is 11.1. The number of carbonyl (C=O) groups is 1. The topological polar surface area (TPSA) is 94.0 Å². The van der Waals surface area contributed by atoms with E-state index in [9.17, 15) is 9.90 Å². The van der Waals surface area contributed by atoms with Crippen molar-refractivity contribution in [3.63, 3.8) is 0 Å². The molecule has 0 spiro atoms. The molecule has 0 amide bonds. The number of anilines is 1. The van der Waals surface area contributed by atoms with Gasteiger partial charge in [-0.1, -0.05) is 53.7 Å². The van der Waals surface area contributed by atoms with Gasteiger partial charge in [0.1, 0.15) is 5.75 Å². The van der Waals surface area contributed by atoms with Crippen molar-refractivity contribution in [1.82, 2.24) is 5.43 Å². The maximum Gasteiger partial charge on any atom is 0.335 e. The van der Waals surface area contributed by atoms with Crippen LogP contribution in [0.5, 0.6) is 5.75 Å². The van der Waals surface area contributed by atoms with Crippen LogP contribution in [0.2, 0.25) is 0 Å². The number of hydrogen-bond acceptors (Lipinski definition) is 4. The molecule has 2 rings (SSSR count). The molecular formula is C23H29N3O3S. The van der Waals surface area contributed by atoms with Crippen LogP contribution in [-0.2, 0) is 10.8 Å². The molecule has 7 heteroatoms. The number of aromatic hydroxyl groups is 1. The first-order valence-corrected chi connectivity index (χ1v) is 10.0. The summed E-state index contributed by atoms with van der Waals surface area (Å²) in [6, 6.07) is 10.3. The lowest BCUT2D eigenvalue weighted by Crippen LogP contribution is -2.24. The van der Waals surface area contributed by atoms with E-state index in [1.807, 2.05) is 12.1 Å². The third-order valence-electron chi connectivity index (χ3n) is 4.55. The predicted octanol–water partition coefficient (Wildman–Crippen LogP) is 5.01. The van der Waals surface area contributed by atoms with Gasteiger partial charge in [-0.25, -0.2) is 4.79 Å². The number of benzene rings is 2. The van der Waals surface area contributed by atoms with E-state index >= 15 is 0 Å². The normalized spacial score (nSPS) is 12.1. The molecule has 2 aromatic rings. The summed E-state index contributed by atoms with van der Waals surface area (Å²) in [5, 5.41) is 27.1. The predicted molar refractivity (Wildman–Crippen MR) is 126 cm³/mol. The SMILES string of the molecule is CC(C)(C)c1cc(/C=N/NC(=S)Nc2cccc(C(=O)O)c2)c(O)c(C(C)(C)C)c1. The summed E-state index contributed by atoms with van der Waals surface area (Å²) in [6.07, 6.45) is 1.53. The van der Waals surface area contributed by atoms with E-state index in [-0.39, 0.29) is 27.3 Å². The lowest BCUT2D eigenvalue weighted by atomic mass is 9.79. The van der Waals surface area contributed by atoms with Crippen LogP contribution in [0.25, 0.3) is 0 Å². The summed E-state index contributed by atoms with van der Waals surface area (Å²) in [6.45, 7) is 12.5. The number of nitrogens with one attached hydrogen (secondary N) is 2. The minimum Gasteiger partial charge on any atom is -0.507 e. The molecular weight excluding hydrogens is 398 g/mol. The number of hydrazone groups is 1. The number of phenolic OH excluding ortho intramolecular Hbond substituents is 1. The molecule has 160 valence electrons. The van der Waals surface area contributed by atoms with Crippen LogP contribution < -0.4 is 10.7 Å². The Kier molecular flexibility index (Phi) is 6.87. The van der Waals surface area contributed by atoms with Crippen LogP contribution in [0, 0.1) is 0 Å². The summed E-state index contributed by atoms with van der Waals surface area (Å²) >= 11 is 5.22. The molecule has 0 heterocycles. The van der Waals surface area contributed by atoms with E-state index in [2.05, 4.69) is 57.4 Å². The van der Waals surface area contributed by atoms with Crippen molar-refractivity contribution in [3.05, 3.63) is 58.7 Å². The van der Waals surface area contributed by atoms with Crippen LogP contribution in [0.15, 0.2) is 41.5 Å². The Labute approximate surface area is 183 Å². The molecule has 0 aromatic heterocycles. The summed E-state index contributed by atoms with van der Waals surface area (Å²) < 4.78 is 0. The van der Waals surface area contributed by atoms with Crippen molar-refractivity contribution in [1.29, 1.82) is 0 Å². The monoisotopic (exact) mass is 427 g/mol. The summed E-state index contributed by atoms with van der Waals surface area (Å²) in [5.74, 6) is -0.825. The molecule has 0 bridgehead atoms. The Morgan fingerprint density at radius 2 is 1.73 bits per heavy atom. The zero-order chi connectivity index (χ0) is 22.7. The summed E-state index contributed by atoms with van der Waals surface area (Å²) in [7, 11) is 0. The zero-order valence-corrected chi connectivity index (χ0v) is 19.0. The fraction of sp³-hybridized carbons (Fsp3) is 0.348. The molecule has 0 fully saturated rings. The first-order valence-electron chi connectivity index (χ1n) is 9.60. The molecule has 6 nitrogen and oxygen atoms in total. The van der Waals surface area contributed by atoms with Gasteiger partial charge in [-0.05, 0) is 52.9 Å². The van der Waals surface area contributed by atoms with E-state index in [0.29, 0.717) is 11.3 Å². The molecule has 30 heavy (non-hydrogen) atoms. The van der Waals surface area contributed by atoms with Gasteiger partial charge in [-0.2, -0.15) is 5.10 Å². The van der Waals surface area contributed by atoms with E-state index in [0.717, 1.165) is 11.1 Å². The minimum atomic E-state index is -1.01. The number of phenols is 1. The van der Waals surface area contributed by atoms with E-state index < -0.39 is 5.97 Å². The number of hydrogen-bond donors (Lipinski definition) is 4. The molecule has 0 saturated carbocycles. The van der Waals surface area contributed by atoms with Gasteiger partial charge in [0.15, 0.2) is 5.11 Å².